The molecule has 1 aliphatic rings. The minimum absolute atomic E-state index is 0.0699. The van der Waals surface area contributed by atoms with E-state index >= 15 is 0 Å². The normalized spacial score (nSPS) is 19.4. The summed E-state index contributed by atoms with van der Waals surface area (Å²) < 4.78 is 39.3. The molecule has 0 saturated carbocycles. The van der Waals surface area contributed by atoms with Gasteiger partial charge in [-0.2, -0.15) is 8.42 Å². The zero-order chi connectivity index (χ0) is 17.7. The van der Waals surface area contributed by atoms with Crippen LogP contribution in [0.4, 0.5) is 0 Å². The summed E-state index contributed by atoms with van der Waals surface area (Å²) in [5, 5.41) is 0. The first-order valence-electron chi connectivity index (χ1n) is 7.82. The molecule has 0 bridgehead atoms. The third kappa shape index (κ3) is 5.38. The molecule has 3 rings (SSSR count). The molecule has 1 aliphatic heterocycles. The van der Waals surface area contributed by atoms with Gasteiger partial charge in [0.2, 0.25) is 0 Å². The molecule has 1 saturated heterocycles. The van der Waals surface area contributed by atoms with Gasteiger partial charge >= 0.3 is 5.97 Å². The lowest BCUT2D eigenvalue weighted by molar-refractivity contribution is 0.0476. The number of benzene rings is 2. The van der Waals surface area contributed by atoms with E-state index in [9.17, 15) is 13.2 Å². The van der Waals surface area contributed by atoms with Crippen LogP contribution in [0.25, 0.3) is 0 Å². The van der Waals surface area contributed by atoms with Gasteiger partial charge in [0.1, 0.15) is 24.6 Å². The first-order chi connectivity index (χ1) is 12.0. The number of carbonyl (C=O) groups is 1. The predicted octanol–water partition coefficient (Wildman–Crippen LogP) is 2.16. The Morgan fingerprint density at radius 3 is 2.20 bits per heavy atom. The van der Waals surface area contributed by atoms with Crippen molar-refractivity contribution in [1.82, 2.24) is 0 Å². The van der Waals surface area contributed by atoms with E-state index in [0.29, 0.717) is 11.1 Å². The molecule has 0 radical (unpaired) electrons. The van der Waals surface area contributed by atoms with E-state index in [4.69, 9.17) is 13.7 Å². The van der Waals surface area contributed by atoms with Crippen molar-refractivity contribution >= 4 is 16.1 Å². The number of ether oxygens (including phenoxy) is 2. The lowest BCUT2D eigenvalue weighted by atomic mass is 10.2. The first-order valence-corrected chi connectivity index (χ1v) is 9.40. The quantitative estimate of drug-likeness (QED) is 0.407. The highest BCUT2D eigenvalue weighted by atomic mass is 32.2. The van der Waals surface area contributed by atoms with Gasteiger partial charge in [0, 0.05) is 0 Å². The average molecular weight is 362 g/mol. The molecule has 0 aliphatic carbocycles. The minimum atomic E-state index is -3.68. The van der Waals surface area contributed by atoms with Crippen LogP contribution in [-0.4, -0.2) is 39.8 Å². The zero-order valence-electron chi connectivity index (χ0n) is 13.4. The predicted molar refractivity (Wildman–Crippen MR) is 90.4 cm³/mol. The molecule has 2 atom stereocenters. The Morgan fingerprint density at radius 2 is 1.52 bits per heavy atom. The van der Waals surface area contributed by atoms with Crippen molar-refractivity contribution in [2.45, 2.75) is 18.0 Å². The maximum absolute atomic E-state index is 11.9. The van der Waals surface area contributed by atoms with E-state index < -0.39 is 16.1 Å². The van der Waals surface area contributed by atoms with Crippen LogP contribution in [0.2, 0.25) is 0 Å². The van der Waals surface area contributed by atoms with Gasteiger partial charge in [-0.15, -0.1) is 0 Å². The van der Waals surface area contributed by atoms with Gasteiger partial charge in [0.05, 0.1) is 12.2 Å². The van der Waals surface area contributed by atoms with E-state index in [1.54, 1.807) is 48.5 Å². The van der Waals surface area contributed by atoms with Crippen molar-refractivity contribution in [3.8, 4) is 0 Å². The summed E-state index contributed by atoms with van der Waals surface area (Å²) in [6.07, 6.45) is -0.714. The fourth-order valence-electron chi connectivity index (χ4n) is 2.28. The Morgan fingerprint density at radius 1 is 0.920 bits per heavy atom. The molecule has 2 aromatic rings. The highest BCUT2D eigenvalue weighted by molar-refractivity contribution is 7.85. The third-order valence-corrected chi connectivity index (χ3v) is 4.86. The van der Waals surface area contributed by atoms with Crippen LogP contribution >= 0.6 is 0 Å². The maximum Gasteiger partial charge on any atom is 0.338 e. The Bertz CT molecular complexity index is 804. The summed E-state index contributed by atoms with van der Waals surface area (Å²) in [5.41, 5.74) is 1.12. The Kier molecular flexibility index (Phi) is 5.47. The lowest BCUT2D eigenvalue weighted by Gasteiger charge is -2.04. The van der Waals surface area contributed by atoms with Crippen LogP contribution in [0.15, 0.2) is 60.7 Å². The Balaban J connectivity index is 1.39. The molecule has 1 fully saturated rings. The second-order valence-corrected chi connectivity index (χ2v) is 7.29. The molecule has 2 aromatic carbocycles. The Hall–Kier alpha value is -2.22. The van der Waals surface area contributed by atoms with E-state index in [1.807, 2.05) is 12.1 Å². The standard InChI is InChI=1S/C18H18O6S/c19-18(15-9-5-2-6-10-15)22-11-16-17(24-16)12-23-25(20,21)13-14-7-3-1-4-8-14/h1-10,16-17H,11-13H2. The molecule has 7 heteroatoms. The van der Waals surface area contributed by atoms with Crippen LogP contribution in [0.1, 0.15) is 15.9 Å². The van der Waals surface area contributed by atoms with Crippen molar-refractivity contribution in [3.05, 3.63) is 71.8 Å². The molecule has 132 valence electrons. The smallest absolute Gasteiger partial charge is 0.338 e. The summed E-state index contributed by atoms with van der Waals surface area (Å²) in [7, 11) is -3.68. The first kappa shape index (κ1) is 17.6. The second kappa shape index (κ2) is 7.77. The van der Waals surface area contributed by atoms with Gasteiger partial charge in [-0.05, 0) is 17.7 Å². The molecular formula is C18H18O6S. The van der Waals surface area contributed by atoms with Crippen LogP contribution in [0.3, 0.4) is 0 Å². The summed E-state index contributed by atoms with van der Waals surface area (Å²) >= 11 is 0. The number of rotatable bonds is 8. The number of epoxide rings is 1. The maximum atomic E-state index is 11.9. The molecular weight excluding hydrogens is 344 g/mol. The number of esters is 1. The van der Waals surface area contributed by atoms with E-state index in [-0.39, 0.29) is 31.2 Å². The van der Waals surface area contributed by atoms with Gasteiger partial charge in [-0.25, -0.2) is 4.79 Å². The average Bonchev–Trinajstić information content (AvgIpc) is 3.38. The van der Waals surface area contributed by atoms with Gasteiger partial charge in [-0.3, -0.25) is 4.18 Å². The molecule has 0 spiro atoms. The van der Waals surface area contributed by atoms with Crippen LogP contribution < -0.4 is 0 Å². The van der Waals surface area contributed by atoms with Gasteiger partial charge in [0.25, 0.3) is 10.1 Å². The second-order valence-electron chi connectivity index (χ2n) is 5.65. The molecule has 0 amide bonds. The van der Waals surface area contributed by atoms with E-state index in [1.165, 1.54) is 0 Å². The topological polar surface area (TPSA) is 82.2 Å². The Labute approximate surface area is 146 Å². The number of hydrogen-bond acceptors (Lipinski definition) is 6. The summed E-state index contributed by atoms with van der Waals surface area (Å²) in [5.74, 6) is -0.624. The molecule has 0 aromatic heterocycles. The van der Waals surface area contributed by atoms with Crippen molar-refractivity contribution in [3.63, 3.8) is 0 Å². The highest BCUT2D eigenvalue weighted by Gasteiger charge is 2.41. The minimum Gasteiger partial charge on any atom is -0.459 e. The molecule has 25 heavy (non-hydrogen) atoms. The zero-order valence-corrected chi connectivity index (χ0v) is 14.2. The summed E-state index contributed by atoms with van der Waals surface area (Å²) in [4.78, 5) is 11.8. The fraction of sp³-hybridized carbons (Fsp3) is 0.278. The third-order valence-electron chi connectivity index (χ3n) is 3.67. The van der Waals surface area contributed by atoms with Gasteiger partial charge < -0.3 is 9.47 Å². The van der Waals surface area contributed by atoms with Crippen LogP contribution in [0.5, 0.6) is 0 Å². The van der Waals surface area contributed by atoms with E-state index in [2.05, 4.69) is 0 Å². The SMILES string of the molecule is O=C(OCC1OC1COS(=O)(=O)Cc1ccccc1)c1ccccc1. The van der Waals surface area contributed by atoms with Crippen molar-refractivity contribution < 1.29 is 26.9 Å². The summed E-state index contributed by atoms with van der Waals surface area (Å²) in [6.45, 7) is -0.0107. The van der Waals surface area contributed by atoms with Crippen molar-refractivity contribution in [2.75, 3.05) is 13.2 Å². The largest absolute Gasteiger partial charge is 0.459 e. The number of carbonyl (C=O) groups excluding carboxylic acids is 1. The summed E-state index contributed by atoms with van der Waals surface area (Å²) in [6, 6.07) is 17.4. The lowest BCUT2D eigenvalue weighted by Crippen LogP contribution is -2.16. The molecule has 2 unspecified atom stereocenters. The van der Waals surface area contributed by atoms with Gasteiger partial charge in [-0.1, -0.05) is 48.5 Å². The molecule has 6 nitrogen and oxygen atoms in total. The highest BCUT2D eigenvalue weighted by Crippen LogP contribution is 2.24. The van der Waals surface area contributed by atoms with Gasteiger partial charge in [0.15, 0.2) is 0 Å². The van der Waals surface area contributed by atoms with E-state index in [0.717, 1.165) is 0 Å². The number of hydrogen-bond donors (Lipinski definition) is 0. The van der Waals surface area contributed by atoms with Crippen LogP contribution in [0, 0.1) is 0 Å². The van der Waals surface area contributed by atoms with Crippen LogP contribution in [-0.2, 0) is 29.5 Å². The van der Waals surface area contributed by atoms with Crippen molar-refractivity contribution in [2.24, 2.45) is 0 Å². The molecule has 0 N–H and O–H groups in total. The van der Waals surface area contributed by atoms with Crippen molar-refractivity contribution in [1.29, 1.82) is 0 Å². The monoisotopic (exact) mass is 362 g/mol. The molecule has 1 heterocycles. The fourth-order valence-corrected chi connectivity index (χ4v) is 3.30.